The molecule has 0 aliphatic rings. The minimum Gasteiger partial charge on any atom is -0.359 e. The Morgan fingerprint density at radius 3 is 2.55 bits per heavy atom. The predicted molar refractivity (Wildman–Crippen MR) is 75.8 cm³/mol. The third-order valence-corrected chi connectivity index (χ3v) is 2.74. The Balaban J connectivity index is 1.96. The summed E-state index contributed by atoms with van der Waals surface area (Å²) in [4.78, 5) is 11.8. The zero-order chi connectivity index (χ0) is 14.8. The van der Waals surface area contributed by atoms with E-state index in [-0.39, 0.29) is 5.41 Å². The smallest absolute Gasteiger partial charge is 0.326 e. The van der Waals surface area contributed by atoms with Gasteiger partial charge in [0, 0.05) is 23.2 Å². The number of anilines is 2. The van der Waals surface area contributed by atoms with E-state index in [1.54, 1.807) is 12.1 Å². The highest BCUT2D eigenvalue weighted by molar-refractivity contribution is 5.98. The first-order valence-electron chi connectivity index (χ1n) is 6.48. The van der Waals surface area contributed by atoms with Crippen molar-refractivity contribution in [2.45, 2.75) is 39.5 Å². The van der Waals surface area contributed by atoms with Gasteiger partial charge in [-0.15, -0.1) is 0 Å². The molecule has 0 atom stereocenters. The van der Waals surface area contributed by atoms with Gasteiger partial charge in [-0.25, -0.2) is 4.79 Å². The number of aryl methyl sites for hydroxylation is 1. The van der Waals surface area contributed by atoms with E-state index in [0.29, 0.717) is 17.4 Å². The summed E-state index contributed by atoms with van der Waals surface area (Å²) in [5.74, 6) is 1.55. The number of nitrogens with one attached hydrogen (secondary N) is 3. The van der Waals surface area contributed by atoms with E-state index in [9.17, 15) is 4.79 Å². The van der Waals surface area contributed by atoms with Crippen LogP contribution >= 0.6 is 0 Å². The number of hydrogen-bond donors (Lipinski definition) is 3. The average molecular weight is 277 g/mol. The topological polar surface area (TPSA) is 95.8 Å². The Hall–Kier alpha value is -2.31. The quantitative estimate of drug-likeness (QED) is 0.803. The fraction of sp³-hybridized carbons (Fsp3) is 0.462. The average Bonchev–Trinajstić information content (AvgIpc) is 2.97. The first kappa shape index (κ1) is 14.1. The number of aromatic nitrogens is 3. The van der Waals surface area contributed by atoms with Crippen molar-refractivity contribution < 1.29 is 9.32 Å². The van der Waals surface area contributed by atoms with Crippen LogP contribution in [0.3, 0.4) is 0 Å². The molecule has 0 aliphatic heterocycles. The summed E-state index contributed by atoms with van der Waals surface area (Å²) < 4.78 is 5.19. The van der Waals surface area contributed by atoms with Crippen molar-refractivity contribution in [1.29, 1.82) is 0 Å². The van der Waals surface area contributed by atoms with E-state index in [4.69, 9.17) is 4.52 Å². The minimum absolute atomic E-state index is 0.151. The van der Waals surface area contributed by atoms with Gasteiger partial charge >= 0.3 is 6.03 Å². The maximum absolute atomic E-state index is 11.8. The molecule has 0 aromatic carbocycles. The number of H-pyrrole nitrogens is 1. The van der Waals surface area contributed by atoms with Crippen molar-refractivity contribution in [3.63, 3.8) is 0 Å². The minimum atomic E-state index is -0.409. The van der Waals surface area contributed by atoms with Gasteiger partial charge in [0.1, 0.15) is 5.76 Å². The van der Waals surface area contributed by atoms with Crippen molar-refractivity contribution in [1.82, 2.24) is 15.4 Å². The van der Waals surface area contributed by atoms with Crippen LogP contribution in [0.25, 0.3) is 0 Å². The van der Waals surface area contributed by atoms with Crippen LogP contribution in [0.15, 0.2) is 16.7 Å². The van der Waals surface area contributed by atoms with Crippen LogP contribution in [0.1, 0.15) is 39.1 Å². The normalized spacial score (nSPS) is 11.4. The van der Waals surface area contributed by atoms with Crippen LogP contribution in [0.5, 0.6) is 0 Å². The highest BCUT2D eigenvalue weighted by Gasteiger charge is 2.20. The van der Waals surface area contributed by atoms with Crippen LogP contribution in [0, 0.1) is 0 Å². The number of nitrogens with zero attached hydrogens (tertiary/aromatic N) is 2. The Morgan fingerprint density at radius 1 is 1.30 bits per heavy atom. The molecular weight excluding hydrogens is 258 g/mol. The molecule has 0 fully saturated rings. The van der Waals surface area contributed by atoms with Crippen LogP contribution in [-0.4, -0.2) is 21.4 Å². The van der Waals surface area contributed by atoms with E-state index in [2.05, 4.69) is 26.0 Å². The van der Waals surface area contributed by atoms with E-state index in [1.807, 2.05) is 27.7 Å². The number of aromatic amines is 1. The number of urea groups is 1. The molecule has 2 amide bonds. The summed E-state index contributed by atoms with van der Waals surface area (Å²) in [6, 6.07) is 3.08. The molecule has 3 N–H and O–H groups in total. The molecule has 2 aromatic rings. The Bertz CT molecular complexity index is 594. The third kappa shape index (κ3) is 3.37. The van der Waals surface area contributed by atoms with E-state index in [0.717, 1.165) is 12.1 Å². The number of hydrogen-bond acceptors (Lipinski definition) is 4. The summed E-state index contributed by atoms with van der Waals surface area (Å²) in [5, 5.41) is 15.8. The standard InChI is InChI=1S/C13H19N5O2/c1-5-8-6-10(17-16-8)14-12(19)15-11-7-9(20-18-11)13(2,3)4/h6-7H,5H2,1-4H3,(H3,14,15,16,17,18,19). The van der Waals surface area contributed by atoms with Gasteiger partial charge in [0.05, 0.1) is 0 Å². The van der Waals surface area contributed by atoms with Crippen molar-refractivity contribution in [3.8, 4) is 0 Å². The van der Waals surface area contributed by atoms with Gasteiger partial charge < -0.3 is 4.52 Å². The third-order valence-electron chi connectivity index (χ3n) is 2.74. The first-order valence-corrected chi connectivity index (χ1v) is 6.48. The SMILES string of the molecule is CCc1cc(NC(=O)Nc2cc(C(C)(C)C)on2)n[nH]1. The van der Waals surface area contributed by atoms with Crippen molar-refractivity contribution in [2.24, 2.45) is 0 Å². The molecule has 0 bridgehead atoms. The number of amides is 2. The van der Waals surface area contributed by atoms with Crippen LogP contribution in [-0.2, 0) is 11.8 Å². The van der Waals surface area contributed by atoms with E-state index in [1.165, 1.54) is 0 Å². The zero-order valence-electron chi connectivity index (χ0n) is 12.1. The van der Waals surface area contributed by atoms with Crippen molar-refractivity contribution in [3.05, 3.63) is 23.6 Å². The largest absolute Gasteiger partial charge is 0.359 e. The molecule has 20 heavy (non-hydrogen) atoms. The molecule has 0 saturated heterocycles. The number of rotatable bonds is 3. The Kier molecular flexibility index (Phi) is 3.78. The van der Waals surface area contributed by atoms with Crippen LogP contribution in [0.4, 0.5) is 16.4 Å². The van der Waals surface area contributed by atoms with Gasteiger partial charge in [-0.05, 0) is 6.42 Å². The molecule has 7 nitrogen and oxygen atoms in total. The van der Waals surface area contributed by atoms with Crippen LogP contribution in [0.2, 0.25) is 0 Å². The van der Waals surface area contributed by atoms with Gasteiger partial charge in [-0.2, -0.15) is 5.10 Å². The van der Waals surface area contributed by atoms with Gasteiger partial charge in [0.2, 0.25) is 0 Å². The molecular formula is C13H19N5O2. The zero-order valence-corrected chi connectivity index (χ0v) is 12.1. The fourth-order valence-electron chi connectivity index (χ4n) is 1.56. The molecule has 0 saturated carbocycles. The summed E-state index contributed by atoms with van der Waals surface area (Å²) in [6.07, 6.45) is 0.828. The lowest BCUT2D eigenvalue weighted by atomic mass is 9.93. The molecule has 0 aliphatic carbocycles. The lowest BCUT2D eigenvalue weighted by molar-refractivity contribution is 0.261. The number of carbonyl (C=O) groups excluding carboxylic acids is 1. The van der Waals surface area contributed by atoms with E-state index >= 15 is 0 Å². The molecule has 2 heterocycles. The maximum atomic E-state index is 11.8. The first-order chi connectivity index (χ1) is 9.38. The van der Waals surface area contributed by atoms with E-state index < -0.39 is 6.03 Å². The number of carbonyl (C=O) groups is 1. The molecule has 0 unspecified atom stereocenters. The maximum Gasteiger partial charge on any atom is 0.326 e. The van der Waals surface area contributed by atoms with Crippen molar-refractivity contribution in [2.75, 3.05) is 10.6 Å². The molecule has 2 rings (SSSR count). The fourth-order valence-corrected chi connectivity index (χ4v) is 1.56. The predicted octanol–water partition coefficient (Wildman–Crippen LogP) is 2.90. The van der Waals surface area contributed by atoms with Gasteiger partial charge in [0.15, 0.2) is 11.6 Å². The summed E-state index contributed by atoms with van der Waals surface area (Å²) in [7, 11) is 0. The second kappa shape index (κ2) is 5.36. The lowest BCUT2D eigenvalue weighted by Gasteiger charge is -2.12. The molecule has 2 aromatic heterocycles. The Morgan fingerprint density at radius 2 is 2.00 bits per heavy atom. The highest BCUT2D eigenvalue weighted by atomic mass is 16.5. The molecule has 0 spiro atoms. The second-order valence-corrected chi connectivity index (χ2v) is 5.54. The monoisotopic (exact) mass is 277 g/mol. The van der Waals surface area contributed by atoms with Crippen molar-refractivity contribution >= 4 is 17.7 Å². The van der Waals surface area contributed by atoms with Gasteiger partial charge in [-0.3, -0.25) is 15.7 Å². The van der Waals surface area contributed by atoms with Gasteiger partial charge in [0.25, 0.3) is 0 Å². The second-order valence-electron chi connectivity index (χ2n) is 5.54. The molecule has 108 valence electrons. The van der Waals surface area contributed by atoms with Gasteiger partial charge in [-0.1, -0.05) is 32.9 Å². The summed E-state index contributed by atoms with van der Waals surface area (Å²) in [6.45, 7) is 8.02. The molecule has 7 heteroatoms. The lowest BCUT2D eigenvalue weighted by Crippen LogP contribution is -2.19. The summed E-state index contributed by atoms with van der Waals surface area (Å²) in [5.41, 5.74) is 0.804. The summed E-state index contributed by atoms with van der Waals surface area (Å²) >= 11 is 0. The Labute approximate surface area is 117 Å². The van der Waals surface area contributed by atoms with Crippen LogP contribution < -0.4 is 10.6 Å². The molecule has 0 radical (unpaired) electrons. The highest BCUT2D eigenvalue weighted by Crippen LogP contribution is 2.24.